The molecule has 0 amide bonds. The Morgan fingerprint density at radius 2 is 2.33 bits per heavy atom. The average Bonchev–Trinajstić information content (AvgIpc) is 2.58. The van der Waals surface area contributed by atoms with Crippen LogP contribution in [0.25, 0.3) is 0 Å². The van der Waals surface area contributed by atoms with Gasteiger partial charge in [0, 0.05) is 0 Å². The van der Waals surface area contributed by atoms with Crippen molar-refractivity contribution in [3.63, 3.8) is 0 Å². The van der Waals surface area contributed by atoms with E-state index in [1.54, 1.807) is 5.57 Å². The maximum Gasteiger partial charge on any atom is -0.0133 e. The third-order valence-corrected chi connectivity index (χ3v) is 2.35. The summed E-state index contributed by atoms with van der Waals surface area (Å²) >= 11 is 0. The largest absolute Gasteiger partial charge is 0.0998 e. The van der Waals surface area contributed by atoms with Crippen LogP contribution in [0.1, 0.15) is 25.7 Å². The standard InChI is InChI=1S/C9H12/c1-7-2-3-9(6-7)8-4-5-8/h4,9H,1-3,5-6H2. The van der Waals surface area contributed by atoms with Gasteiger partial charge in [-0.15, -0.1) is 0 Å². The molecule has 1 atom stereocenters. The van der Waals surface area contributed by atoms with E-state index in [1.165, 1.54) is 31.3 Å². The van der Waals surface area contributed by atoms with Crippen molar-refractivity contribution in [2.24, 2.45) is 5.92 Å². The van der Waals surface area contributed by atoms with Gasteiger partial charge >= 0.3 is 0 Å². The van der Waals surface area contributed by atoms with E-state index < -0.39 is 0 Å². The van der Waals surface area contributed by atoms with Gasteiger partial charge in [-0.05, 0) is 31.6 Å². The molecule has 0 heteroatoms. The molecule has 1 fully saturated rings. The van der Waals surface area contributed by atoms with Crippen LogP contribution in [0.15, 0.2) is 23.8 Å². The monoisotopic (exact) mass is 120 g/mol. The van der Waals surface area contributed by atoms with Gasteiger partial charge < -0.3 is 0 Å². The van der Waals surface area contributed by atoms with E-state index in [9.17, 15) is 0 Å². The Labute approximate surface area is 56.3 Å². The highest BCUT2D eigenvalue weighted by molar-refractivity contribution is 5.28. The lowest BCUT2D eigenvalue weighted by molar-refractivity contribution is 0.667. The molecule has 0 bridgehead atoms. The molecule has 0 aromatic rings. The Balaban J connectivity index is 2.00. The van der Waals surface area contributed by atoms with Crippen LogP contribution in [0.5, 0.6) is 0 Å². The van der Waals surface area contributed by atoms with Crippen molar-refractivity contribution < 1.29 is 0 Å². The van der Waals surface area contributed by atoms with E-state index in [1.807, 2.05) is 0 Å². The van der Waals surface area contributed by atoms with E-state index in [-0.39, 0.29) is 0 Å². The molecule has 0 nitrogen and oxygen atoms in total. The first kappa shape index (κ1) is 5.28. The van der Waals surface area contributed by atoms with Crippen LogP contribution in [0.4, 0.5) is 0 Å². The van der Waals surface area contributed by atoms with Crippen molar-refractivity contribution >= 4 is 0 Å². The topological polar surface area (TPSA) is 0 Å². The molecule has 1 saturated carbocycles. The van der Waals surface area contributed by atoms with Gasteiger partial charge in [0.25, 0.3) is 0 Å². The third kappa shape index (κ3) is 0.937. The summed E-state index contributed by atoms with van der Waals surface area (Å²) in [6.45, 7) is 3.99. The van der Waals surface area contributed by atoms with Crippen LogP contribution in [0, 0.1) is 5.92 Å². The third-order valence-electron chi connectivity index (χ3n) is 2.35. The molecule has 0 radical (unpaired) electrons. The number of allylic oxidation sites excluding steroid dienone is 3. The predicted octanol–water partition coefficient (Wildman–Crippen LogP) is 2.67. The number of rotatable bonds is 1. The molecule has 48 valence electrons. The molecule has 2 aliphatic carbocycles. The minimum Gasteiger partial charge on any atom is -0.0998 e. The van der Waals surface area contributed by atoms with Gasteiger partial charge in [0.1, 0.15) is 0 Å². The SMILES string of the molecule is C=C1CCC(C2=CC2)C1. The first-order chi connectivity index (χ1) is 4.36. The van der Waals surface area contributed by atoms with Gasteiger partial charge in [-0.25, -0.2) is 0 Å². The molecular weight excluding hydrogens is 108 g/mol. The summed E-state index contributed by atoms with van der Waals surface area (Å²) < 4.78 is 0. The van der Waals surface area contributed by atoms with Crippen LogP contribution < -0.4 is 0 Å². The molecule has 2 rings (SSSR count). The second-order valence-electron chi connectivity index (χ2n) is 3.17. The highest BCUT2D eigenvalue weighted by Gasteiger charge is 2.25. The molecule has 0 spiro atoms. The Morgan fingerprint density at radius 3 is 2.78 bits per heavy atom. The van der Waals surface area contributed by atoms with Crippen LogP contribution in [0.2, 0.25) is 0 Å². The Hall–Kier alpha value is -0.520. The molecule has 1 unspecified atom stereocenters. The molecular formula is C9H12. The van der Waals surface area contributed by atoms with Crippen LogP contribution in [0.3, 0.4) is 0 Å². The zero-order chi connectivity index (χ0) is 6.27. The fourth-order valence-corrected chi connectivity index (χ4v) is 1.64. The summed E-state index contributed by atoms with van der Waals surface area (Å²) in [5.74, 6) is 0.914. The second-order valence-corrected chi connectivity index (χ2v) is 3.17. The summed E-state index contributed by atoms with van der Waals surface area (Å²) in [7, 11) is 0. The maximum absolute atomic E-state index is 3.99. The van der Waals surface area contributed by atoms with Crippen molar-refractivity contribution in [3.8, 4) is 0 Å². The van der Waals surface area contributed by atoms with Crippen molar-refractivity contribution in [2.45, 2.75) is 25.7 Å². The van der Waals surface area contributed by atoms with Crippen molar-refractivity contribution in [2.75, 3.05) is 0 Å². The summed E-state index contributed by atoms with van der Waals surface area (Å²) in [6, 6.07) is 0. The Kier molecular flexibility index (Phi) is 1.01. The first-order valence-corrected chi connectivity index (χ1v) is 3.72. The molecule has 2 aliphatic rings. The molecule has 0 aromatic heterocycles. The van der Waals surface area contributed by atoms with Gasteiger partial charge in [0.15, 0.2) is 0 Å². The predicted molar refractivity (Wildman–Crippen MR) is 39.2 cm³/mol. The average molecular weight is 120 g/mol. The Bertz CT molecular complexity index is 174. The zero-order valence-corrected chi connectivity index (χ0v) is 5.69. The van der Waals surface area contributed by atoms with Gasteiger partial charge in [-0.3, -0.25) is 0 Å². The summed E-state index contributed by atoms with van der Waals surface area (Å²) in [5.41, 5.74) is 3.17. The normalized spacial score (nSPS) is 32.7. The molecule has 0 aliphatic heterocycles. The minimum atomic E-state index is 0.914. The van der Waals surface area contributed by atoms with Gasteiger partial charge in [-0.2, -0.15) is 0 Å². The lowest BCUT2D eigenvalue weighted by Gasteiger charge is -1.99. The zero-order valence-electron chi connectivity index (χ0n) is 5.69. The Morgan fingerprint density at radius 1 is 1.56 bits per heavy atom. The molecule has 0 aromatic carbocycles. The quantitative estimate of drug-likeness (QED) is 0.467. The summed E-state index contributed by atoms with van der Waals surface area (Å²) in [4.78, 5) is 0. The minimum absolute atomic E-state index is 0.914. The van der Waals surface area contributed by atoms with E-state index in [4.69, 9.17) is 0 Å². The van der Waals surface area contributed by atoms with Crippen molar-refractivity contribution in [3.05, 3.63) is 23.8 Å². The smallest absolute Gasteiger partial charge is 0.0133 e. The van der Waals surface area contributed by atoms with Gasteiger partial charge in [-0.1, -0.05) is 23.8 Å². The molecule has 0 N–H and O–H groups in total. The van der Waals surface area contributed by atoms with Crippen LogP contribution in [-0.2, 0) is 0 Å². The lowest BCUT2D eigenvalue weighted by Crippen LogP contribution is -1.87. The van der Waals surface area contributed by atoms with Gasteiger partial charge in [0.05, 0.1) is 0 Å². The highest BCUT2D eigenvalue weighted by Crippen LogP contribution is 2.40. The lowest BCUT2D eigenvalue weighted by atomic mass is 10.1. The highest BCUT2D eigenvalue weighted by atomic mass is 14.3. The summed E-state index contributed by atoms with van der Waals surface area (Å²) in [6.07, 6.45) is 7.60. The van der Waals surface area contributed by atoms with Crippen LogP contribution >= 0.6 is 0 Å². The second kappa shape index (κ2) is 1.73. The molecule has 9 heavy (non-hydrogen) atoms. The first-order valence-electron chi connectivity index (χ1n) is 3.72. The van der Waals surface area contributed by atoms with E-state index >= 15 is 0 Å². The molecule has 0 heterocycles. The number of hydrogen-bond acceptors (Lipinski definition) is 0. The van der Waals surface area contributed by atoms with Crippen LogP contribution in [-0.4, -0.2) is 0 Å². The fourth-order valence-electron chi connectivity index (χ4n) is 1.64. The maximum atomic E-state index is 3.99. The summed E-state index contributed by atoms with van der Waals surface area (Å²) in [5, 5.41) is 0. The van der Waals surface area contributed by atoms with E-state index in [0.29, 0.717) is 0 Å². The van der Waals surface area contributed by atoms with E-state index in [2.05, 4.69) is 12.7 Å². The molecule has 0 saturated heterocycles. The fraction of sp³-hybridized carbons (Fsp3) is 0.556. The van der Waals surface area contributed by atoms with Gasteiger partial charge in [0.2, 0.25) is 0 Å². The van der Waals surface area contributed by atoms with Crippen molar-refractivity contribution in [1.29, 1.82) is 0 Å². The van der Waals surface area contributed by atoms with E-state index in [0.717, 1.165) is 5.92 Å². The van der Waals surface area contributed by atoms with Crippen molar-refractivity contribution in [1.82, 2.24) is 0 Å². The number of hydrogen-bond donors (Lipinski definition) is 0.